The maximum absolute atomic E-state index is 10.5. The van der Waals surface area contributed by atoms with E-state index in [4.69, 9.17) is 4.74 Å². The zero-order valence-electron chi connectivity index (χ0n) is 13.4. The highest BCUT2D eigenvalue weighted by molar-refractivity contribution is 5.69. The van der Waals surface area contributed by atoms with Gasteiger partial charge in [0.05, 0.1) is 11.4 Å². The van der Waals surface area contributed by atoms with Crippen LogP contribution < -0.4 is 10.1 Å². The molecule has 6 heteroatoms. The van der Waals surface area contributed by atoms with Crippen molar-refractivity contribution in [1.82, 2.24) is 15.0 Å². The number of nitrogens with zero attached hydrogens (tertiary/aromatic N) is 3. The zero-order chi connectivity index (χ0) is 16.9. The molecule has 0 aliphatic rings. The van der Waals surface area contributed by atoms with Crippen LogP contribution in [-0.2, 0) is 4.79 Å². The second-order valence-corrected chi connectivity index (χ2v) is 5.21. The molecule has 3 heterocycles. The smallest absolute Gasteiger partial charge is 0.212 e. The summed E-state index contributed by atoms with van der Waals surface area (Å²) < 4.78 is 5.89. The van der Waals surface area contributed by atoms with Crippen molar-refractivity contribution in [2.24, 2.45) is 0 Å². The van der Waals surface area contributed by atoms with Crippen molar-refractivity contribution in [2.75, 3.05) is 5.32 Å². The number of amides is 1. The molecule has 0 spiro atoms. The summed E-state index contributed by atoms with van der Waals surface area (Å²) in [6.45, 7) is 3.76. The number of anilines is 1. The lowest BCUT2D eigenvalue weighted by molar-refractivity contribution is -0.105. The molecule has 0 atom stereocenters. The summed E-state index contributed by atoms with van der Waals surface area (Å²) in [6, 6.07) is 11.0. The molecule has 0 saturated heterocycles. The molecule has 24 heavy (non-hydrogen) atoms. The Bertz CT molecular complexity index is 863. The summed E-state index contributed by atoms with van der Waals surface area (Å²) in [5.41, 5.74) is 3.34. The first-order chi connectivity index (χ1) is 11.7. The van der Waals surface area contributed by atoms with Gasteiger partial charge < -0.3 is 10.1 Å². The van der Waals surface area contributed by atoms with Gasteiger partial charge in [-0.25, -0.2) is 4.98 Å². The van der Waals surface area contributed by atoms with E-state index in [1.54, 1.807) is 30.6 Å². The number of rotatable bonds is 5. The Morgan fingerprint density at radius 2 is 1.96 bits per heavy atom. The summed E-state index contributed by atoms with van der Waals surface area (Å²) >= 11 is 0. The number of carbonyl (C=O) groups is 1. The molecule has 6 nitrogen and oxygen atoms in total. The average molecular weight is 320 g/mol. The molecule has 0 aliphatic heterocycles. The van der Waals surface area contributed by atoms with E-state index in [9.17, 15) is 4.79 Å². The van der Waals surface area contributed by atoms with Gasteiger partial charge in [0.25, 0.3) is 0 Å². The summed E-state index contributed by atoms with van der Waals surface area (Å²) in [5.74, 6) is 1.75. The molecule has 3 aromatic rings. The third-order valence-electron chi connectivity index (χ3n) is 3.41. The molecule has 3 aromatic heterocycles. The van der Waals surface area contributed by atoms with Gasteiger partial charge in [-0.2, -0.15) is 0 Å². The van der Waals surface area contributed by atoms with Crippen molar-refractivity contribution in [3.8, 4) is 22.8 Å². The fourth-order valence-corrected chi connectivity index (χ4v) is 2.18. The van der Waals surface area contributed by atoms with Gasteiger partial charge in [0.2, 0.25) is 6.41 Å². The van der Waals surface area contributed by atoms with E-state index in [-0.39, 0.29) is 0 Å². The van der Waals surface area contributed by atoms with Gasteiger partial charge in [-0.15, -0.1) is 0 Å². The lowest BCUT2D eigenvalue weighted by atomic mass is 10.2. The van der Waals surface area contributed by atoms with Gasteiger partial charge in [0.15, 0.2) is 0 Å². The quantitative estimate of drug-likeness (QED) is 0.728. The molecule has 1 N–H and O–H groups in total. The number of hydrogen-bond acceptors (Lipinski definition) is 5. The standard InChI is InChI=1S/C18H16N4O2/c1-12-3-4-14(10-20-12)16-9-15(7-8-19-16)24-17-5-6-18(21-11-23)22-13(17)2/h3-11H,1-2H3,(H,21,22,23). The van der Waals surface area contributed by atoms with Crippen LogP contribution in [0.25, 0.3) is 11.3 Å². The van der Waals surface area contributed by atoms with Crippen LogP contribution >= 0.6 is 0 Å². The fraction of sp³-hybridized carbons (Fsp3) is 0.111. The van der Waals surface area contributed by atoms with Crippen molar-refractivity contribution in [3.05, 3.63) is 60.2 Å². The van der Waals surface area contributed by atoms with Gasteiger partial charge in [-0.3, -0.25) is 14.8 Å². The van der Waals surface area contributed by atoms with E-state index in [0.717, 1.165) is 17.0 Å². The number of hydrogen-bond donors (Lipinski definition) is 1. The Hall–Kier alpha value is -3.28. The maximum Gasteiger partial charge on any atom is 0.212 e. The van der Waals surface area contributed by atoms with Crippen LogP contribution in [0.2, 0.25) is 0 Å². The number of aromatic nitrogens is 3. The lowest BCUT2D eigenvalue weighted by Gasteiger charge is -2.10. The van der Waals surface area contributed by atoms with Crippen LogP contribution in [0, 0.1) is 13.8 Å². The van der Waals surface area contributed by atoms with Crippen LogP contribution in [0.5, 0.6) is 11.5 Å². The molecule has 0 bridgehead atoms. The number of aryl methyl sites for hydroxylation is 2. The average Bonchev–Trinajstić information content (AvgIpc) is 2.59. The lowest BCUT2D eigenvalue weighted by Crippen LogP contribution is -1.99. The summed E-state index contributed by atoms with van der Waals surface area (Å²) in [4.78, 5) is 23.4. The van der Waals surface area contributed by atoms with E-state index in [2.05, 4.69) is 20.3 Å². The fourth-order valence-electron chi connectivity index (χ4n) is 2.18. The van der Waals surface area contributed by atoms with Crippen LogP contribution in [0.4, 0.5) is 5.82 Å². The molecule has 0 radical (unpaired) electrons. The zero-order valence-corrected chi connectivity index (χ0v) is 13.4. The number of nitrogens with one attached hydrogen (secondary N) is 1. The van der Waals surface area contributed by atoms with E-state index >= 15 is 0 Å². The molecule has 3 rings (SSSR count). The third-order valence-corrected chi connectivity index (χ3v) is 3.41. The van der Waals surface area contributed by atoms with Crippen molar-refractivity contribution >= 4 is 12.2 Å². The van der Waals surface area contributed by atoms with Crippen molar-refractivity contribution in [1.29, 1.82) is 0 Å². The van der Waals surface area contributed by atoms with E-state index in [1.807, 2.05) is 32.0 Å². The molecule has 120 valence electrons. The number of ether oxygens (including phenoxy) is 1. The molecule has 0 saturated carbocycles. The summed E-state index contributed by atoms with van der Waals surface area (Å²) in [5, 5.41) is 2.51. The van der Waals surface area contributed by atoms with Crippen molar-refractivity contribution < 1.29 is 9.53 Å². The minimum atomic E-state index is 0.482. The normalized spacial score (nSPS) is 10.2. The molecule has 1 amide bonds. The van der Waals surface area contributed by atoms with Gasteiger partial charge in [-0.05, 0) is 44.2 Å². The van der Waals surface area contributed by atoms with Crippen molar-refractivity contribution in [2.45, 2.75) is 13.8 Å². The van der Waals surface area contributed by atoms with Crippen LogP contribution in [0.3, 0.4) is 0 Å². The third kappa shape index (κ3) is 3.55. The predicted octanol–water partition coefficient (Wildman–Crippen LogP) is 3.52. The van der Waals surface area contributed by atoms with Gasteiger partial charge in [0, 0.05) is 29.7 Å². The SMILES string of the molecule is Cc1ccc(-c2cc(Oc3ccc(NC=O)nc3C)ccn2)cn1. The molecular formula is C18H16N4O2. The van der Waals surface area contributed by atoms with Crippen molar-refractivity contribution in [3.63, 3.8) is 0 Å². The first-order valence-corrected chi connectivity index (χ1v) is 7.40. The van der Waals surface area contributed by atoms with Gasteiger partial charge in [-0.1, -0.05) is 0 Å². The predicted molar refractivity (Wildman–Crippen MR) is 90.9 cm³/mol. The minimum absolute atomic E-state index is 0.482. The van der Waals surface area contributed by atoms with E-state index < -0.39 is 0 Å². The highest BCUT2D eigenvalue weighted by atomic mass is 16.5. The molecule has 0 unspecified atom stereocenters. The second kappa shape index (κ2) is 6.87. The Morgan fingerprint density at radius 1 is 1.08 bits per heavy atom. The second-order valence-electron chi connectivity index (χ2n) is 5.21. The molecule has 0 aliphatic carbocycles. The maximum atomic E-state index is 10.5. The van der Waals surface area contributed by atoms with Crippen LogP contribution in [0.1, 0.15) is 11.4 Å². The Labute approximate surface area is 139 Å². The Morgan fingerprint density at radius 3 is 2.67 bits per heavy atom. The first-order valence-electron chi connectivity index (χ1n) is 7.40. The van der Waals surface area contributed by atoms with Gasteiger partial charge in [0.1, 0.15) is 17.3 Å². The van der Waals surface area contributed by atoms with E-state index in [1.165, 1.54) is 0 Å². The molecule has 0 aromatic carbocycles. The topological polar surface area (TPSA) is 77.0 Å². The minimum Gasteiger partial charge on any atom is -0.455 e. The van der Waals surface area contributed by atoms with E-state index in [0.29, 0.717) is 29.4 Å². The highest BCUT2D eigenvalue weighted by Crippen LogP contribution is 2.27. The Kier molecular flexibility index (Phi) is 4.47. The molecule has 0 fully saturated rings. The monoisotopic (exact) mass is 320 g/mol. The largest absolute Gasteiger partial charge is 0.455 e. The highest BCUT2D eigenvalue weighted by Gasteiger charge is 2.07. The van der Waals surface area contributed by atoms with Crippen LogP contribution in [-0.4, -0.2) is 21.4 Å². The van der Waals surface area contributed by atoms with Crippen LogP contribution in [0.15, 0.2) is 48.8 Å². The first kappa shape index (κ1) is 15.6. The summed E-state index contributed by atoms with van der Waals surface area (Å²) in [7, 11) is 0. The molecular weight excluding hydrogens is 304 g/mol. The number of pyridine rings is 3. The summed E-state index contributed by atoms with van der Waals surface area (Å²) in [6.07, 6.45) is 4.07. The Balaban J connectivity index is 1.84. The van der Waals surface area contributed by atoms with Gasteiger partial charge >= 0.3 is 0 Å². The number of carbonyl (C=O) groups excluding carboxylic acids is 1.